The molecule has 186 valence electrons. The highest BCUT2D eigenvalue weighted by Gasteiger charge is 2.34. The second-order valence-electron chi connectivity index (χ2n) is 9.39. The van der Waals surface area contributed by atoms with Gasteiger partial charge in [0.15, 0.2) is 11.6 Å². The van der Waals surface area contributed by atoms with E-state index in [1.807, 2.05) is 0 Å². The van der Waals surface area contributed by atoms with Crippen molar-refractivity contribution in [3.8, 4) is 5.75 Å². The molecule has 0 radical (unpaired) electrons. The van der Waals surface area contributed by atoms with E-state index in [1.54, 1.807) is 13.1 Å². The Morgan fingerprint density at radius 1 is 1.12 bits per heavy atom. The maximum Gasteiger partial charge on any atom is 0.272 e. The number of ketones is 1. The van der Waals surface area contributed by atoms with Gasteiger partial charge in [-0.15, -0.1) is 0 Å². The first-order chi connectivity index (χ1) is 15.8. The molecule has 0 spiro atoms. The van der Waals surface area contributed by atoms with Gasteiger partial charge < -0.3 is 10.1 Å². The van der Waals surface area contributed by atoms with Crippen LogP contribution in [0.25, 0.3) is 0 Å². The van der Waals surface area contributed by atoms with Crippen LogP contribution in [-0.4, -0.2) is 33.8 Å². The van der Waals surface area contributed by atoms with Crippen LogP contribution in [0.5, 0.6) is 5.75 Å². The minimum atomic E-state index is -0.928. The second kappa shape index (κ2) is 11.0. The van der Waals surface area contributed by atoms with Crippen LogP contribution in [0.2, 0.25) is 0 Å². The average molecular weight is 480 g/mol. The second-order valence-corrected chi connectivity index (χ2v) is 9.39. The molecule has 3 unspecified atom stereocenters. The number of benzene rings is 1. The molecule has 1 aromatic carbocycles. The summed E-state index contributed by atoms with van der Waals surface area (Å²) in [4.78, 5) is 33.4. The first kappa shape index (κ1) is 25.6. The number of aromatic nitrogens is 2. The van der Waals surface area contributed by atoms with Crippen molar-refractivity contribution in [2.24, 2.45) is 17.8 Å². The first-order valence-electron chi connectivity index (χ1n) is 11.5. The lowest BCUT2D eigenvalue weighted by Crippen LogP contribution is -2.44. The number of ether oxygens (including phenoxy) is 1. The van der Waals surface area contributed by atoms with Gasteiger partial charge in [0.05, 0.1) is 11.8 Å². The van der Waals surface area contributed by atoms with E-state index < -0.39 is 11.6 Å². The summed E-state index contributed by atoms with van der Waals surface area (Å²) in [5, 5.41) is 3.10. The number of nitrogens with one attached hydrogen (secondary N) is 1. The molecule has 3 atom stereocenters. The van der Waals surface area contributed by atoms with Crippen LogP contribution in [0, 0.1) is 29.4 Å². The molecule has 2 aliphatic rings. The van der Waals surface area contributed by atoms with Crippen molar-refractivity contribution in [2.45, 2.75) is 64.5 Å². The number of halogens is 3. The molecule has 2 fully saturated rings. The molecule has 0 bridgehead atoms. The van der Waals surface area contributed by atoms with Crippen molar-refractivity contribution in [3.63, 3.8) is 0 Å². The summed E-state index contributed by atoms with van der Waals surface area (Å²) < 4.78 is 32.2. The van der Waals surface area contributed by atoms with Gasteiger partial charge >= 0.3 is 0 Å². The Morgan fingerprint density at radius 2 is 1.85 bits per heavy atom. The van der Waals surface area contributed by atoms with Crippen molar-refractivity contribution >= 4 is 11.7 Å². The molecule has 2 aliphatic carbocycles. The maximum atomic E-state index is 13.4. The van der Waals surface area contributed by atoms with Gasteiger partial charge in [0.2, 0.25) is 0 Å². The number of hydrogen-bond donors (Lipinski definition) is 1. The molecule has 1 N–H and O–H groups in total. The van der Waals surface area contributed by atoms with Crippen LogP contribution in [0.1, 0.15) is 63.6 Å². The van der Waals surface area contributed by atoms with Crippen LogP contribution < -0.4 is 10.1 Å². The Morgan fingerprint density at radius 3 is 2.53 bits per heavy atom. The van der Waals surface area contributed by atoms with E-state index in [9.17, 15) is 18.4 Å². The summed E-state index contributed by atoms with van der Waals surface area (Å²) in [5.74, 6) is -0.955. The third-order valence-corrected chi connectivity index (χ3v) is 6.92. The quantitative estimate of drug-likeness (QED) is 0.624. The van der Waals surface area contributed by atoms with Crippen LogP contribution in [0.4, 0.5) is 13.5 Å². The molecule has 2 saturated carbocycles. The summed E-state index contributed by atoms with van der Waals surface area (Å²) in [7, 11) is 0. The molecule has 1 heterocycles. The molecule has 9 heteroatoms. The van der Waals surface area contributed by atoms with Crippen molar-refractivity contribution in [3.05, 3.63) is 53.6 Å². The predicted octanol–water partition coefficient (Wildman–Crippen LogP) is 4.68. The molecular formula is C25H32F3N3O3. The molecule has 0 aliphatic heterocycles. The van der Waals surface area contributed by atoms with E-state index >= 15 is 0 Å². The van der Waals surface area contributed by atoms with Crippen LogP contribution in [0.15, 0.2) is 30.6 Å². The highest BCUT2D eigenvalue weighted by Crippen LogP contribution is 2.34. The summed E-state index contributed by atoms with van der Waals surface area (Å²) >= 11 is 0. The van der Waals surface area contributed by atoms with E-state index in [1.165, 1.54) is 12.3 Å². The Kier molecular flexibility index (Phi) is 8.28. The van der Waals surface area contributed by atoms with Crippen molar-refractivity contribution in [2.75, 3.05) is 0 Å². The summed E-state index contributed by atoms with van der Waals surface area (Å²) in [6, 6.07) is 3.54. The number of carbonyl (C=O) groups excluding carboxylic acids is 2. The summed E-state index contributed by atoms with van der Waals surface area (Å²) in [6.07, 6.45) is 7.45. The van der Waals surface area contributed by atoms with Gasteiger partial charge in [0, 0.05) is 31.8 Å². The van der Waals surface area contributed by atoms with E-state index in [-0.39, 0.29) is 47.7 Å². The van der Waals surface area contributed by atoms with Gasteiger partial charge in [-0.1, -0.05) is 6.92 Å². The van der Waals surface area contributed by atoms with Crippen LogP contribution >= 0.6 is 0 Å². The number of Topliss-reactive ketones (excluding diaryl/α,β-unsaturated/α-hetero) is 1. The lowest BCUT2D eigenvalue weighted by atomic mass is 9.77. The molecule has 0 saturated heterocycles. The Hall–Kier alpha value is -2.97. The van der Waals surface area contributed by atoms with E-state index in [2.05, 4.69) is 22.2 Å². The molecule has 4 rings (SSSR count). The number of hydrogen-bond acceptors (Lipinski definition) is 5. The highest BCUT2D eigenvalue weighted by molar-refractivity contribution is 5.93. The molecule has 1 amide bonds. The van der Waals surface area contributed by atoms with Crippen LogP contribution in [-0.2, 0) is 11.2 Å². The Labute approximate surface area is 198 Å². The third kappa shape index (κ3) is 5.93. The first-order valence-corrected chi connectivity index (χ1v) is 11.5. The minimum Gasteiger partial charge on any atom is -0.490 e. The van der Waals surface area contributed by atoms with Gasteiger partial charge in [-0.3, -0.25) is 19.3 Å². The Balaban J connectivity index is 0.00000216. The van der Waals surface area contributed by atoms with Gasteiger partial charge in [0.1, 0.15) is 17.2 Å². The van der Waals surface area contributed by atoms with E-state index in [0.29, 0.717) is 23.6 Å². The van der Waals surface area contributed by atoms with Gasteiger partial charge in [-0.05, 0) is 69.4 Å². The zero-order valence-electron chi connectivity index (χ0n) is 19.3. The predicted molar refractivity (Wildman–Crippen MR) is 122 cm³/mol. The van der Waals surface area contributed by atoms with Crippen molar-refractivity contribution < 1.29 is 29.2 Å². The largest absolute Gasteiger partial charge is 0.490 e. The summed E-state index contributed by atoms with van der Waals surface area (Å²) in [6.45, 7) is 3.70. The highest BCUT2D eigenvalue weighted by atomic mass is 19.2. The minimum absolute atomic E-state index is 0. The average Bonchev–Trinajstić information content (AvgIpc) is 2.76. The smallest absolute Gasteiger partial charge is 0.272 e. The normalized spacial score (nSPS) is 26.1. The maximum absolute atomic E-state index is 13.4. The van der Waals surface area contributed by atoms with E-state index in [0.717, 1.165) is 44.2 Å². The zero-order chi connectivity index (χ0) is 23.5. The molecule has 34 heavy (non-hydrogen) atoms. The topological polar surface area (TPSA) is 81.2 Å². The lowest BCUT2D eigenvalue weighted by molar-refractivity contribution is -0.122. The number of amides is 1. The Bertz CT molecular complexity index is 1040. The zero-order valence-corrected chi connectivity index (χ0v) is 19.3. The molecule has 2 aromatic rings. The number of carbonyl (C=O) groups is 2. The van der Waals surface area contributed by atoms with Crippen molar-refractivity contribution in [1.29, 1.82) is 0 Å². The fourth-order valence-corrected chi connectivity index (χ4v) is 4.88. The SMILES string of the molecule is CC(=O)C1CCC(NC(=O)c2nccnc2CC2CC(Oc3ccc(F)c(F)c3)C2)C(C)C1.F.[HH]. The molecular weight excluding hydrogens is 447 g/mol. The van der Waals surface area contributed by atoms with E-state index in [4.69, 9.17) is 4.74 Å². The number of rotatable bonds is 7. The lowest BCUT2D eigenvalue weighted by Gasteiger charge is -2.35. The number of nitrogens with zero attached hydrogens (tertiary/aromatic N) is 2. The molecule has 1 aromatic heterocycles. The fourth-order valence-electron chi connectivity index (χ4n) is 4.88. The monoisotopic (exact) mass is 479 g/mol. The standard InChI is InChI=1S/C25H29F2N3O3.FH.H2/c1-14-9-17(15(2)31)3-6-22(14)30-25(32)24-23(28-7-8-29-24)12-16-10-19(11-16)33-18-4-5-20(26)21(27)13-18;;/h4-5,7-8,13-14,16-17,19,22H,3,6,9-12H2,1-2H3,(H,30,32);2*1H. The fraction of sp³-hybridized carbons (Fsp3) is 0.520. The summed E-state index contributed by atoms with van der Waals surface area (Å²) in [5.41, 5.74) is 0.986. The molecule has 6 nitrogen and oxygen atoms in total. The van der Waals surface area contributed by atoms with Gasteiger partial charge in [-0.2, -0.15) is 0 Å². The van der Waals surface area contributed by atoms with Gasteiger partial charge in [0.25, 0.3) is 5.91 Å². The van der Waals surface area contributed by atoms with Crippen molar-refractivity contribution in [1.82, 2.24) is 15.3 Å². The third-order valence-electron chi connectivity index (χ3n) is 6.92. The van der Waals surface area contributed by atoms with Crippen LogP contribution in [0.3, 0.4) is 0 Å². The van der Waals surface area contributed by atoms with Gasteiger partial charge in [-0.25, -0.2) is 13.8 Å².